The van der Waals surface area contributed by atoms with Gasteiger partial charge in [0.05, 0.1) is 18.9 Å². The topological polar surface area (TPSA) is 78.4 Å². The van der Waals surface area contributed by atoms with Crippen molar-refractivity contribution in [1.82, 2.24) is 9.97 Å². The van der Waals surface area contributed by atoms with Gasteiger partial charge in [0.15, 0.2) is 5.16 Å². The number of carbonyl (C=O) groups is 2. The summed E-state index contributed by atoms with van der Waals surface area (Å²) in [6, 6.07) is 11.5. The molecule has 25 heavy (non-hydrogen) atoms. The predicted octanol–water partition coefficient (Wildman–Crippen LogP) is 3.04. The number of ether oxygens (including phenoxy) is 2. The van der Waals surface area contributed by atoms with Crippen molar-refractivity contribution in [3.05, 3.63) is 42.1 Å². The summed E-state index contributed by atoms with van der Waals surface area (Å²) in [5.41, 5.74) is 2.39. The first-order valence-corrected chi connectivity index (χ1v) is 8.84. The van der Waals surface area contributed by atoms with Crippen molar-refractivity contribution in [2.75, 3.05) is 13.2 Å². The number of rotatable bonds is 7. The van der Waals surface area contributed by atoms with Crippen molar-refractivity contribution < 1.29 is 19.1 Å². The van der Waals surface area contributed by atoms with Gasteiger partial charge in [-0.05, 0) is 26.8 Å². The van der Waals surface area contributed by atoms with Crippen LogP contribution in [-0.4, -0.2) is 40.4 Å². The highest BCUT2D eigenvalue weighted by Gasteiger charge is 2.32. The zero-order valence-electron chi connectivity index (χ0n) is 14.4. The normalized spacial score (nSPS) is 10.6. The molecule has 0 aliphatic heterocycles. The molecule has 2 aromatic rings. The van der Waals surface area contributed by atoms with Gasteiger partial charge in [-0.3, -0.25) is 9.59 Å². The molecule has 6 nitrogen and oxygen atoms in total. The SMILES string of the molecule is CCOC(=O)C(Sc1nc(C)cc(-c2ccccc2)n1)C(=O)OCC. The number of esters is 2. The van der Waals surface area contributed by atoms with Crippen LogP contribution in [0.1, 0.15) is 19.5 Å². The van der Waals surface area contributed by atoms with E-state index in [1.807, 2.05) is 43.3 Å². The van der Waals surface area contributed by atoms with Gasteiger partial charge in [-0.2, -0.15) is 0 Å². The molecule has 0 aliphatic rings. The summed E-state index contributed by atoms with van der Waals surface area (Å²) in [5, 5.41) is -0.824. The Bertz CT molecular complexity index is 719. The van der Waals surface area contributed by atoms with Crippen molar-refractivity contribution in [3.8, 4) is 11.3 Å². The van der Waals surface area contributed by atoms with Crippen LogP contribution >= 0.6 is 11.8 Å². The molecule has 1 aromatic carbocycles. The number of benzene rings is 1. The summed E-state index contributed by atoms with van der Waals surface area (Å²) in [4.78, 5) is 33.0. The van der Waals surface area contributed by atoms with Gasteiger partial charge in [0.2, 0.25) is 5.25 Å². The Labute approximate surface area is 151 Å². The summed E-state index contributed by atoms with van der Waals surface area (Å²) in [7, 11) is 0. The monoisotopic (exact) mass is 360 g/mol. The van der Waals surface area contributed by atoms with Gasteiger partial charge < -0.3 is 9.47 Å². The van der Waals surface area contributed by atoms with Gasteiger partial charge in [0, 0.05) is 11.3 Å². The molecule has 0 saturated carbocycles. The van der Waals surface area contributed by atoms with Crippen LogP contribution in [-0.2, 0) is 19.1 Å². The Morgan fingerprint density at radius 1 is 1.04 bits per heavy atom. The van der Waals surface area contributed by atoms with Crippen molar-refractivity contribution in [1.29, 1.82) is 0 Å². The second-order valence-corrected chi connectivity index (χ2v) is 6.12. The molecule has 0 atom stereocenters. The smallest absolute Gasteiger partial charge is 0.331 e. The van der Waals surface area contributed by atoms with Gasteiger partial charge in [0.1, 0.15) is 0 Å². The van der Waals surface area contributed by atoms with E-state index in [2.05, 4.69) is 9.97 Å². The average Bonchev–Trinajstić information content (AvgIpc) is 2.60. The summed E-state index contributed by atoms with van der Waals surface area (Å²) < 4.78 is 9.95. The number of aromatic nitrogens is 2. The molecule has 0 spiro atoms. The van der Waals surface area contributed by atoms with Gasteiger partial charge in [-0.1, -0.05) is 42.1 Å². The van der Waals surface area contributed by atoms with E-state index in [9.17, 15) is 9.59 Å². The number of aryl methyl sites for hydroxylation is 1. The average molecular weight is 360 g/mol. The highest BCUT2D eigenvalue weighted by Crippen LogP contribution is 2.26. The molecule has 0 fully saturated rings. The van der Waals surface area contributed by atoms with Crippen LogP contribution in [0, 0.1) is 6.92 Å². The molecule has 1 aromatic heterocycles. The fourth-order valence-electron chi connectivity index (χ4n) is 2.08. The van der Waals surface area contributed by atoms with Crippen LogP contribution < -0.4 is 0 Å². The first kappa shape index (κ1) is 18.9. The zero-order valence-corrected chi connectivity index (χ0v) is 15.2. The quantitative estimate of drug-likeness (QED) is 0.325. The summed E-state index contributed by atoms with van der Waals surface area (Å²) in [6.45, 7) is 5.56. The minimum atomic E-state index is -1.15. The Morgan fingerprint density at radius 2 is 1.64 bits per heavy atom. The van der Waals surface area contributed by atoms with Crippen molar-refractivity contribution in [2.24, 2.45) is 0 Å². The second-order valence-electron chi connectivity index (χ2n) is 5.05. The second kappa shape index (κ2) is 9.17. The first-order chi connectivity index (χ1) is 12.0. The molecule has 0 N–H and O–H groups in total. The Hall–Kier alpha value is -2.41. The van der Waals surface area contributed by atoms with E-state index >= 15 is 0 Å². The third-order valence-electron chi connectivity index (χ3n) is 3.13. The molecule has 0 radical (unpaired) electrons. The lowest BCUT2D eigenvalue weighted by Crippen LogP contribution is -2.31. The fourth-order valence-corrected chi connectivity index (χ4v) is 2.97. The molecule has 0 bridgehead atoms. The highest BCUT2D eigenvalue weighted by atomic mass is 32.2. The number of thioether (sulfide) groups is 1. The maximum absolute atomic E-state index is 12.1. The fraction of sp³-hybridized carbons (Fsp3) is 0.333. The van der Waals surface area contributed by atoms with Crippen molar-refractivity contribution in [2.45, 2.75) is 31.2 Å². The minimum Gasteiger partial charge on any atom is -0.465 e. The summed E-state index contributed by atoms with van der Waals surface area (Å²) in [6.07, 6.45) is 0. The molecular formula is C18H20N2O4S. The molecule has 1 heterocycles. The summed E-state index contributed by atoms with van der Waals surface area (Å²) >= 11 is 0.937. The highest BCUT2D eigenvalue weighted by molar-refractivity contribution is 8.01. The van der Waals surface area contributed by atoms with E-state index in [4.69, 9.17) is 9.47 Å². The largest absolute Gasteiger partial charge is 0.465 e. The van der Waals surface area contributed by atoms with Crippen LogP contribution in [0.5, 0.6) is 0 Å². The third-order valence-corrected chi connectivity index (χ3v) is 4.14. The molecule has 0 amide bonds. The van der Waals surface area contributed by atoms with Gasteiger partial charge >= 0.3 is 11.9 Å². The number of hydrogen-bond donors (Lipinski definition) is 0. The number of carbonyl (C=O) groups excluding carboxylic acids is 2. The standard InChI is InChI=1S/C18H20N2O4S/c1-4-23-16(21)15(17(22)24-5-2)25-18-19-12(3)11-14(20-18)13-9-7-6-8-10-13/h6-11,15H,4-5H2,1-3H3. The van der Waals surface area contributed by atoms with E-state index in [1.54, 1.807) is 13.8 Å². The predicted molar refractivity (Wildman–Crippen MR) is 95.1 cm³/mol. The molecule has 2 rings (SSSR count). The van der Waals surface area contributed by atoms with E-state index in [0.717, 1.165) is 28.7 Å². The Morgan fingerprint density at radius 3 is 2.20 bits per heavy atom. The third kappa shape index (κ3) is 5.29. The minimum absolute atomic E-state index is 0.180. The van der Waals surface area contributed by atoms with E-state index < -0.39 is 17.2 Å². The molecule has 0 aliphatic carbocycles. The molecule has 7 heteroatoms. The van der Waals surface area contributed by atoms with Gasteiger partial charge in [-0.25, -0.2) is 9.97 Å². The van der Waals surface area contributed by atoms with E-state index in [-0.39, 0.29) is 13.2 Å². The van der Waals surface area contributed by atoms with E-state index in [0.29, 0.717) is 5.16 Å². The lowest BCUT2D eigenvalue weighted by molar-refractivity contribution is -0.152. The first-order valence-electron chi connectivity index (χ1n) is 7.96. The number of nitrogens with zero attached hydrogens (tertiary/aromatic N) is 2. The van der Waals surface area contributed by atoms with Crippen LogP contribution in [0.3, 0.4) is 0 Å². The molecule has 132 valence electrons. The van der Waals surface area contributed by atoms with Crippen LogP contribution in [0.2, 0.25) is 0 Å². The lowest BCUT2D eigenvalue weighted by atomic mass is 10.1. The molecular weight excluding hydrogens is 340 g/mol. The molecule has 0 unspecified atom stereocenters. The zero-order chi connectivity index (χ0) is 18.2. The van der Waals surface area contributed by atoms with Gasteiger partial charge in [0.25, 0.3) is 0 Å². The maximum Gasteiger partial charge on any atom is 0.331 e. The van der Waals surface area contributed by atoms with E-state index in [1.165, 1.54) is 0 Å². The van der Waals surface area contributed by atoms with Crippen LogP contribution in [0.15, 0.2) is 41.6 Å². The van der Waals surface area contributed by atoms with Gasteiger partial charge in [-0.15, -0.1) is 0 Å². The molecule has 0 saturated heterocycles. The maximum atomic E-state index is 12.1. The number of hydrogen-bond acceptors (Lipinski definition) is 7. The van der Waals surface area contributed by atoms with Crippen LogP contribution in [0.4, 0.5) is 0 Å². The van der Waals surface area contributed by atoms with Crippen LogP contribution in [0.25, 0.3) is 11.3 Å². The Kier molecular flexibility index (Phi) is 6.94. The summed E-state index contributed by atoms with van der Waals surface area (Å²) in [5.74, 6) is -1.31. The lowest BCUT2D eigenvalue weighted by Gasteiger charge is -2.14. The van der Waals surface area contributed by atoms with Crippen molar-refractivity contribution in [3.63, 3.8) is 0 Å². The Balaban J connectivity index is 2.30. The van der Waals surface area contributed by atoms with Crippen molar-refractivity contribution >= 4 is 23.7 Å².